The highest BCUT2D eigenvalue weighted by Gasteiger charge is 2.25. The molecule has 1 atom stereocenters. The summed E-state index contributed by atoms with van der Waals surface area (Å²) in [5.74, 6) is 2.02. The highest BCUT2D eigenvalue weighted by molar-refractivity contribution is 5.63. The van der Waals surface area contributed by atoms with E-state index < -0.39 is 0 Å². The first-order valence-corrected chi connectivity index (χ1v) is 6.84. The Hall–Kier alpha value is -2.49. The number of hydrogen-bond donors (Lipinski definition) is 1. The van der Waals surface area contributed by atoms with Crippen molar-refractivity contribution in [3.05, 3.63) is 60.6 Å². The molecule has 0 spiro atoms. The van der Waals surface area contributed by atoms with Crippen LogP contribution in [0.5, 0.6) is 0 Å². The van der Waals surface area contributed by atoms with Crippen LogP contribution >= 0.6 is 0 Å². The monoisotopic (exact) mass is 265 g/mol. The van der Waals surface area contributed by atoms with Gasteiger partial charge in [0.1, 0.15) is 17.6 Å². The number of benzene rings is 1. The molecule has 4 heteroatoms. The van der Waals surface area contributed by atoms with E-state index in [0.29, 0.717) is 0 Å². The lowest BCUT2D eigenvalue weighted by Gasteiger charge is -2.23. The van der Waals surface area contributed by atoms with Crippen molar-refractivity contribution in [3.63, 3.8) is 0 Å². The van der Waals surface area contributed by atoms with Crippen LogP contribution in [0.1, 0.15) is 18.2 Å². The fraction of sp³-hybridized carbons (Fsp3) is 0.188. The van der Waals surface area contributed by atoms with Gasteiger partial charge in [-0.1, -0.05) is 30.3 Å². The van der Waals surface area contributed by atoms with E-state index in [2.05, 4.69) is 23.5 Å². The van der Waals surface area contributed by atoms with E-state index in [1.165, 1.54) is 0 Å². The Morgan fingerprint density at radius 1 is 1.15 bits per heavy atom. The second-order valence-corrected chi connectivity index (χ2v) is 4.97. The predicted octanol–water partition coefficient (Wildman–Crippen LogP) is 3.55. The fourth-order valence-electron chi connectivity index (χ4n) is 2.72. The van der Waals surface area contributed by atoms with Gasteiger partial charge in [0.05, 0.1) is 12.0 Å². The maximum atomic E-state index is 5.56. The predicted molar refractivity (Wildman–Crippen MR) is 77.6 cm³/mol. The lowest BCUT2D eigenvalue weighted by Crippen LogP contribution is -2.23. The smallest absolute Gasteiger partial charge is 0.128 e. The molecule has 3 heterocycles. The van der Waals surface area contributed by atoms with E-state index in [1.54, 1.807) is 6.26 Å². The molecule has 0 aliphatic carbocycles. The SMILES string of the molecule is c1ccc(-c2cc3n(n2)C(c2ccco2)CCN3)cc1. The highest BCUT2D eigenvalue weighted by atomic mass is 16.3. The average molecular weight is 265 g/mol. The number of furan rings is 1. The Morgan fingerprint density at radius 2 is 2.05 bits per heavy atom. The normalized spacial score (nSPS) is 17.5. The molecule has 1 aliphatic rings. The highest BCUT2D eigenvalue weighted by Crippen LogP contribution is 2.32. The van der Waals surface area contributed by atoms with Crippen LogP contribution in [0.3, 0.4) is 0 Å². The van der Waals surface area contributed by atoms with E-state index in [0.717, 1.165) is 35.8 Å². The zero-order valence-corrected chi connectivity index (χ0v) is 11.0. The molecule has 0 amide bonds. The molecule has 20 heavy (non-hydrogen) atoms. The first-order chi connectivity index (χ1) is 9.92. The minimum Gasteiger partial charge on any atom is -0.467 e. The number of rotatable bonds is 2. The van der Waals surface area contributed by atoms with Crippen molar-refractivity contribution in [2.24, 2.45) is 0 Å². The topological polar surface area (TPSA) is 43.0 Å². The van der Waals surface area contributed by atoms with Crippen LogP contribution in [0.2, 0.25) is 0 Å². The Kier molecular flexibility index (Phi) is 2.59. The molecular formula is C16H15N3O. The summed E-state index contributed by atoms with van der Waals surface area (Å²) in [6, 6.07) is 16.5. The van der Waals surface area contributed by atoms with Crippen LogP contribution in [0, 0.1) is 0 Å². The van der Waals surface area contributed by atoms with Gasteiger partial charge in [0.25, 0.3) is 0 Å². The first kappa shape index (κ1) is 11.3. The number of fused-ring (bicyclic) bond motifs is 1. The van der Waals surface area contributed by atoms with Crippen LogP contribution in [-0.2, 0) is 0 Å². The van der Waals surface area contributed by atoms with Crippen molar-refractivity contribution in [3.8, 4) is 11.3 Å². The van der Waals surface area contributed by atoms with Gasteiger partial charge in [-0.05, 0) is 18.6 Å². The Balaban J connectivity index is 1.78. The molecule has 0 fully saturated rings. The fourth-order valence-corrected chi connectivity index (χ4v) is 2.72. The van der Waals surface area contributed by atoms with Gasteiger partial charge in [0.2, 0.25) is 0 Å². The summed E-state index contributed by atoms with van der Waals surface area (Å²) in [6.07, 6.45) is 2.70. The molecule has 4 nitrogen and oxygen atoms in total. The van der Waals surface area contributed by atoms with Crippen molar-refractivity contribution < 1.29 is 4.42 Å². The molecule has 1 aromatic carbocycles. The molecule has 3 aromatic rings. The van der Waals surface area contributed by atoms with Gasteiger partial charge in [-0.3, -0.25) is 0 Å². The second kappa shape index (κ2) is 4.56. The molecule has 100 valence electrons. The second-order valence-electron chi connectivity index (χ2n) is 4.97. The van der Waals surface area contributed by atoms with Crippen molar-refractivity contribution in [2.75, 3.05) is 11.9 Å². The maximum Gasteiger partial charge on any atom is 0.128 e. The van der Waals surface area contributed by atoms with Gasteiger partial charge in [0, 0.05) is 18.2 Å². The zero-order chi connectivity index (χ0) is 13.4. The van der Waals surface area contributed by atoms with Crippen molar-refractivity contribution in [2.45, 2.75) is 12.5 Å². The molecule has 0 saturated heterocycles. The Morgan fingerprint density at radius 3 is 2.85 bits per heavy atom. The minimum absolute atomic E-state index is 0.179. The zero-order valence-electron chi connectivity index (χ0n) is 11.0. The Labute approximate surface area is 117 Å². The standard InChI is InChI=1S/C16H15N3O/c1-2-5-12(6-3-1)13-11-16-17-9-8-14(19(16)18-13)15-7-4-10-20-15/h1-7,10-11,14,17H,8-9H2. The minimum atomic E-state index is 0.179. The molecule has 2 aromatic heterocycles. The summed E-state index contributed by atoms with van der Waals surface area (Å²) in [5, 5.41) is 8.16. The summed E-state index contributed by atoms with van der Waals surface area (Å²) in [4.78, 5) is 0. The van der Waals surface area contributed by atoms with Gasteiger partial charge in [-0.15, -0.1) is 0 Å². The molecule has 1 aliphatic heterocycles. The number of nitrogens with one attached hydrogen (secondary N) is 1. The Bertz CT molecular complexity index is 701. The first-order valence-electron chi connectivity index (χ1n) is 6.84. The van der Waals surface area contributed by atoms with Gasteiger partial charge in [-0.2, -0.15) is 5.10 Å². The third-order valence-corrected chi connectivity index (χ3v) is 3.70. The third-order valence-electron chi connectivity index (χ3n) is 3.70. The molecule has 0 saturated carbocycles. The van der Waals surface area contributed by atoms with E-state index in [4.69, 9.17) is 9.52 Å². The summed E-state index contributed by atoms with van der Waals surface area (Å²) < 4.78 is 7.59. The summed E-state index contributed by atoms with van der Waals surface area (Å²) >= 11 is 0. The molecule has 0 radical (unpaired) electrons. The van der Waals surface area contributed by atoms with Crippen LogP contribution in [0.15, 0.2) is 59.2 Å². The van der Waals surface area contributed by atoms with Crippen molar-refractivity contribution in [1.29, 1.82) is 0 Å². The lowest BCUT2D eigenvalue weighted by molar-refractivity contribution is 0.386. The quantitative estimate of drug-likeness (QED) is 0.770. The summed E-state index contributed by atoms with van der Waals surface area (Å²) in [6.45, 7) is 0.936. The van der Waals surface area contributed by atoms with Crippen LogP contribution in [0.4, 0.5) is 5.82 Å². The van der Waals surface area contributed by atoms with E-state index in [9.17, 15) is 0 Å². The molecule has 0 bridgehead atoms. The lowest BCUT2D eigenvalue weighted by atomic mass is 10.1. The van der Waals surface area contributed by atoms with E-state index >= 15 is 0 Å². The molecular weight excluding hydrogens is 250 g/mol. The van der Waals surface area contributed by atoms with Crippen molar-refractivity contribution >= 4 is 5.82 Å². The van der Waals surface area contributed by atoms with Crippen LogP contribution in [0.25, 0.3) is 11.3 Å². The van der Waals surface area contributed by atoms with Crippen LogP contribution in [-0.4, -0.2) is 16.3 Å². The van der Waals surface area contributed by atoms with Gasteiger partial charge < -0.3 is 9.73 Å². The average Bonchev–Trinajstić information content (AvgIpc) is 3.17. The van der Waals surface area contributed by atoms with E-state index in [-0.39, 0.29) is 6.04 Å². The third kappa shape index (κ3) is 1.81. The number of hydrogen-bond acceptors (Lipinski definition) is 3. The van der Waals surface area contributed by atoms with E-state index in [1.807, 2.05) is 35.0 Å². The summed E-state index contributed by atoms with van der Waals surface area (Å²) in [5.41, 5.74) is 2.13. The molecule has 1 unspecified atom stereocenters. The van der Waals surface area contributed by atoms with Gasteiger partial charge >= 0.3 is 0 Å². The maximum absolute atomic E-state index is 5.56. The van der Waals surface area contributed by atoms with Crippen LogP contribution < -0.4 is 5.32 Å². The van der Waals surface area contributed by atoms with Crippen molar-refractivity contribution in [1.82, 2.24) is 9.78 Å². The van der Waals surface area contributed by atoms with Gasteiger partial charge in [0.15, 0.2) is 0 Å². The number of anilines is 1. The number of aromatic nitrogens is 2. The number of nitrogens with zero attached hydrogens (tertiary/aromatic N) is 2. The summed E-state index contributed by atoms with van der Waals surface area (Å²) in [7, 11) is 0. The molecule has 4 rings (SSSR count). The largest absolute Gasteiger partial charge is 0.467 e. The molecule has 1 N–H and O–H groups in total. The van der Waals surface area contributed by atoms with Gasteiger partial charge in [-0.25, -0.2) is 4.68 Å².